The van der Waals surface area contributed by atoms with Gasteiger partial charge in [0.25, 0.3) is 11.5 Å². The molecule has 2 N–H and O–H groups in total. The average Bonchev–Trinajstić information content (AvgIpc) is 2.82. The molecule has 0 atom stereocenters. The van der Waals surface area contributed by atoms with Crippen LogP contribution in [0.15, 0.2) is 53.6 Å². The first-order valence-corrected chi connectivity index (χ1v) is 10.3. The van der Waals surface area contributed by atoms with Gasteiger partial charge in [-0.2, -0.15) is 4.98 Å². The van der Waals surface area contributed by atoms with Gasteiger partial charge in [0.05, 0.1) is 20.2 Å². The maximum Gasteiger partial charge on any atom is 0.263 e. The van der Waals surface area contributed by atoms with Crippen molar-refractivity contribution in [2.24, 2.45) is 0 Å². The summed E-state index contributed by atoms with van der Waals surface area (Å²) in [5, 5.41) is 5.65. The lowest BCUT2D eigenvalue weighted by atomic mass is 10.1. The second-order valence-electron chi connectivity index (χ2n) is 7.07. The summed E-state index contributed by atoms with van der Waals surface area (Å²) in [6.07, 6.45) is 3.67. The quantitative estimate of drug-likeness (QED) is 0.405. The number of rotatable bonds is 8. The van der Waals surface area contributed by atoms with Gasteiger partial charge in [-0.25, -0.2) is 9.37 Å². The Bertz CT molecular complexity index is 1250. The Balaban J connectivity index is 1.50. The summed E-state index contributed by atoms with van der Waals surface area (Å²) in [5.74, 6) is 5.83. The summed E-state index contributed by atoms with van der Waals surface area (Å²) in [6.45, 7) is 2.47. The van der Waals surface area contributed by atoms with E-state index in [1.807, 2.05) is 0 Å². The molecule has 0 fully saturated rings. The Morgan fingerprint density at radius 2 is 2.09 bits per heavy atom. The van der Waals surface area contributed by atoms with Crippen LogP contribution in [0, 0.1) is 24.6 Å². The number of carbonyl (C=O) groups is 1. The first-order valence-electron chi connectivity index (χ1n) is 10.3. The normalized spacial score (nSPS) is 10.2. The van der Waals surface area contributed by atoms with Crippen molar-refractivity contribution in [1.29, 1.82) is 0 Å². The monoisotopic (exact) mass is 449 g/mol. The molecule has 0 aliphatic heterocycles. The molecule has 0 unspecified atom stereocenters. The molecule has 2 heterocycles. The van der Waals surface area contributed by atoms with Gasteiger partial charge in [-0.3, -0.25) is 9.59 Å². The molecule has 170 valence electrons. The fraction of sp³-hybridized carbons (Fsp3) is 0.250. The van der Waals surface area contributed by atoms with Crippen LogP contribution in [0.4, 0.5) is 10.3 Å². The van der Waals surface area contributed by atoms with Gasteiger partial charge in [-0.1, -0.05) is 24.0 Å². The fourth-order valence-electron chi connectivity index (χ4n) is 2.91. The molecule has 0 aliphatic carbocycles. The van der Waals surface area contributed by atoms with Crippen molar-refractivity contribution in [2.45, 2.75) is 19.9 Å². The number of halogens is 1. The third-order valence-electron chi connectivity index (χ3n) is 4.69. The highest BCUT2D eigenvalue weighted by molar-refractivity contribution is 5.93. The van der Waals surface area contributed by atoms with Gasteiger partial charge in [0.2, 0.25) is 11.8 Å². The maximum atomic E-state index is 13.8. The first-order chi connectivity index (χ1) is 16.0. The lowest BCUT2D eigenvalue weighted by molar-refractivity contribution is 0.0956. The number of hydrogen-bond acceptors (Lipinski definition) is 6. The predicted octanol–water partition coefficient (Wildman–Crippen LogP) is 2.38. The minimum absolute atomic E-state index is 0.00345. The van der Waals surface area contributed by atoms with Crippen molar-refractivity contribution in [3.8, 4) is 17.7 Å². The van der Waals surface area contributed by atoms with Crippen LogP contribution in [0.5, 0.6) is 5.88 Å². The van der Waals surface area contributed by atoms with E-state index in [-0.39, 0.29) is 24.5 Å². The summed E-state index contributed by atoms with van der Waals surface area (Å²) >= 11 is 0. The van der Waals surface area contributed by atoms with E-state index >= 15 is 0 Å². The van der Waals surface area contributed by atoms with Crippen LogP contribution < -0.4 is 20.9 Å². The van der Waals surface area contributed by atoms with Crippen molar-refractivity contribution < 1.29 is 13.9 Å². The van der Waals surface area contributed by atoms with E-state index in [4.69, 9.17) is 4.74 Å². The molecule has 8 nitrogen and oxygen atoms in total. The second kappa shape index (κ2) is 11.4. The van der Waals surface area contributed by atoms with Crippen molar-refractivity contribution in [3.05, 3.63) is 81.7 Å². The van der Waals surface area contributed by atoms with Gasteiger partial charge in [-0.15, -0.1) is 0 Å². The highest BCUT2D eigenvalue weighted by Crippen LogP contribution is 2.10. The lowest BCUT2D eigenvalue weighted by Crippen LogP contribution is -2.33. The second-order valence-corrected chi connectivity index (χ2v) is 7.07. The van der Waals surface area contributed by atoms with E-state index in [0.29, 0.717) is 35.9 Å². The van der Waals surface area contributed by atoms with E-state index < -0.39 is 11.5 Å². The Labute approximate surface area is 190 Å². The van der Waals surface area contributed by atoms with Crippen LogP contribution in [0.1, 0.15) is 27.9 Å². The van der Waals surface area contributed by atoms with E-state index in [1.54, 1.807) is 43.6 Å². The molecule has 9 heteroatoms. The van der Waals surface area contributed by atoms with E-state index in [2.05, 4.69) is 32.4 Å². The number of anilines is 1. The minimum Gasteiger partial charge on any atom is -0.481 e. The lowest BCUT2D eigenvalue weighted by Gasteiger charge is -2.09. The van der Waals surface area contributed by atoms with Crippen molar-refractivity contribution in [2.75, 3.05) is 25.5 Å². The van der Waals surface area contributed by atoms with Crippen LogP contribution in [-0.2, 0) is 6.54 Å². The molecule has 0 spiro atoms. The number of amides is 1. The largest absolute Gasteiger partial charge is 0.481 e. The number of ether oxygens (including phenoxy) is 1. The predicted molar refractivity (Wildman–Crippen MR) is 123 cm³/mol. The summed E-state index contributed by atoms with van der Waals surface area (Å²) in [4.78, 5) is 33.3. The minimum atomic E-state index is -0.512. The molecule has 1 amide bonds. The van der Waals surface area contributed by atoms with Gasteiger partial charge in [-0.05, 0) is 36.2 Å². The standard InChI is InChI=1S/C24H24FN5O3/c1-17-8-9-18(15-20(17)25)16-30-14-6-7-19(23(30)32)22(31)26-11-4-3-5-12-27-24-28-13-10-21(29-24)33-2/h6-10,13-15H,5,11-12,16H2,1-2H3,(H,26,31)(H,27,28,29). The molecule has 3 aromatic rings. The first kappa shape index (κ1) is 23.5. The average molecular weight is 449 g/mol. The number of nitrogens with zero attached hydrogens (tertiary/aromatic N) is 3. The van der Waals surface area contributed by atoms with E-state index in [0.717, 1.165) is 0 Å². The molecule has 33 heavy (non-hydrogen) atoms. The SMILES string of the molecule is COc1ccnc(NCCC#CCNC(=O)c2cccn(Cc3ccc(C)c(F)c3)c2=O)n1. The number of pyridine rings is 1. The van der Waals surface area contributed by atoms with Gasteiger partial charge >= 0.3 is 0 Å². The van der Waals surface area contributed by atoms with Gasteiger partial charge < -0.3 is 19.9 Å². The number of carbonyl (C=O) groups excluding carboxylic acids is 1. The molecule has 1 aromatic carbocycles. The smallest absolute Gasteiger partial charge is 0.263 e. The van der Waals surface area contributed by atoms with Crippen LogP contribution in [0.25, 0.3) is 0 Å². The molecule has 2 aromatic heterocycles. The molecule has 3 rings (SSSR count). The molecule has 0 radical (unpaired) electrons. The topological polar surface area (TPSA) is 98.1 Å². The number of benzene rings is 1. The maximum absolute atomic E-state index is 13.8. The molecule has 0 bridgehead atoms. The zero-order chi connectivity index (χ0) is 23.6. The number of methoxy groups -OCH3 is 1. The Hall–Kier alpha value is -4.19. The number of nitrogens with one attached hydrogen (secondary N) is 2. The summed E-state index contributed by atoms with van der Waals surface area (Å²) < 4.78 is 20.2. The summed E-state index contributed by atoms with van der Waals surface area (Å²) in [6, 6.07) is 9.51. The molecule has 0 aliphatic rings. The van der Waals surface area contributed by atoms with E-state index in [1.165, 1.54) is 23.8 Å². The number of hydrogen-bond donors (Lipinski definition) is 2. The third kappa shape index (κ3) is 6.64. The molecular formula is C24H24FN5O3. The van der Waals surface area contributed by atoms with Crippen molar-refractivity contribution in [1.82, 2.24) is 19.9 Å². The Morgan fingerprint density at radius 1 is 1.24 bits per heavy atom. The summed E-state index contributed by atoms with van der Waals surface area (Å²) in [7, 11) is 1.53. The van der Waals surface area contributed by atoms with Crippen LogP contribution in [0.2, 0.25) is 0 Å². The van der Waals surface area contributed by atoms with E-state index in [9.17, 15) is 14.0 Å². The highest BCUT2D eigenvalue weighted by Gasteiger charge is 2.12. The summed E-state index contributed by atoms with van der Waals surface area (Å²) in [5.41, 5.74) is 0.719. The van der Waals surface area contributed by atoms with Crippen LogP contribution in [0.3, 0.4) is 0 Å². The molecular weight excluding hydrogens is 425 g/mol. The molecule has 0 saturated heterocycles. The third-order valence-corrected chi connectivity index (χ3v) is 4.69. The van der Waals surface area contributed by atoms with Crippen molar-refractivity contribution in [3.63, 3.8) is 0 Å². The fourth-order valence-corrected chi connectivity index (χ4v) is 2.91. The van der Waals surface area contributed by atoms with Gasteiger partial charge in [0.15, 0.2) is 0 Å². The van der Waals surface area contributed by atoms with Crippen LogP contribution in [-0.4, -0.2) is 40.6 Å². The zero-order valence-electron chi connectivity index (χ0n) is 18.4. The van der Waals surface area contributed by atoms with Crippen molar-refractivity contribution >= 4 is 11.9 Å². The Kier molecular flexibility index (Phi) is 8.13. The number of aryl methyl sites for hydroxylation is 1. The zero-order valence-corrected chi connectivity index (χ0v) is 18.4. The highest BCUT2D eigenvalue weighted by atomic mass is 19.1. The van der Waals surface area contributed by atoms with Gasteiger partial charge in [0.1, 0.15) is 11.4 Å². The Morgan fingerprint density at radius 3 is 2.88 bits per heavy atom. The van der Waals surface area contributed by atoms with Gasteiger partial charge in [0, 0.05) is 31.4 Å². The van der Waals surface area contributed by atoms with Crippen LogP contribution >= 0.6 is 0 Å². The number of aromatic nitrogens is 3. The molecule has 0 saturated carbocycles.